The summed E-state index contributed by atoms with van der Waals surface area (Å²) in [5, 5.41) is 9.49. The molecule has 2 heterocycles. The van der Waals surface area contributed by atoms with Crippen molar-refractivity contribution in [2.45, 2.75) is 24.2 Å². The monoisotopic (exact) mass is 251 g/mol. The molecule has 17 heavy (non-hydrogen) atoms. The van der Waals surface area contributed by atoms with Gasteiger partial charge in [-0.2, -0.15) is 0 Å². The minimum Gasteiger partial charge on any atom is -0.477 e. The predicted octanol–water partition coefficient (Wildman–Crippen LogP) is 1.93. The highest BCUT2D eigenvalue weighted by Crippen LogP contribution is 2.25. The smallest absolute Gasteiger partial charge is 0.354 e. The number of hydrogen-bond acceptors (Lipinski definition) is 6. The van der Waals surface area contributed by atoms with Gasteiger partial charge in [0, 0.05) is 18.0 Å². The zero-order valence-electron chi connectivity index (χ0n) is 9.17. The standard InChI is InChI=1S/C10H9N3O3S/c1-5-6(2)16-10(12-5)17-9-11-4-3-7(13-9)8(14)15/h3-4H,1-2H3,(H,14,15). The fourth-order valence-corrected chi connectivity index (χ4v) is 1.84. The molecule has 0 aliphatic rings. The summed E-state index contributed by atoms with van der Waals surface area (Å²) in [6, 6.07) is 1.33. The number of nitrogens with zero attached hydrogens (tertiary/aromatic N) is 3. The number of carboxylic acids is 1. The van der Waals surface area contributed by atoms with E-state index in [1.807, 2.05) is 6.92 Å². The summed E-state index contributed by atoms with van der Waals surface area (Å²) in [4.78, 5) is 22.7. The Hall–Kier alpha value is -1.89. The van der Waals surface area contributed by atoms with Gasteiger partial charge in [-0.25, -0.2) is 19.7 Å². The quantitative estimate of drug-likeness (QED) is 0.833. The van der Waals surface area contributed by atoms with Gasteiger partial charge in [-0.15, -0.1) is 0 Å². The molecule has 0 saturated heterocycles. The van der Waals surface area contributed by atoms with E-state index in [2.05, 4.69) is 15.0 Å². The Morgan fingerprint density at radius 3 is 2.76 bits per heavy atom. The number of rotatable bonds is 3. The second kappa shape index (κ2) is 4.54. The van der Waals surface area contributed by atoms with Gasteiger partial charge in [-0.05, 0) is 19.9 Å². The van der Waals surface area contributed by atoms with Crippen molar-refractivity contribution in [2.75, 3.05) is 0 Å². The molecule has 0 radical (unpaired) electrons. The van der Waals surface area contributed by atoms with Gasteiger partial charge in [0.25, 0.3) is 5.22 Å². The van der Waals surface area contributed by atoms with Gasteiger partial charge < -0.3 is 9.52 Å². The second-order valence-electron chi connectivity index (χ2n) is 3.25. The molecule has 0 aliphatic heterocycles. The summed E-state index contributed by atoms with van der Waals surface area (Å²) in [7, 11) is 0. The molecule has 0 fully saturated rings. The van der Waals surface area contributed by atoms with Crippen LogP contribution in [0, 0.1) is 13.8 Å². The number of hydrogen-bond donors (Lipinski definition) is 1. The lowest BCUT2D eigenvalue weighted by Crippen LogP contribution is -2.01. The molecule has 7 heteroatoms. The van der Waals surface area contributed by atoms with Gasteiger partial charge in [0.05, 0.1) is 5.69 Å². The largest absolute Gasteiger partial charge is 0.477 e. The first-order chi connectivity index (χ1) is 8.06. The van der Waals surface area contributed by atoms with Gasteiger partial charge >= 0.3 is 5.97 Å². The fraction of sp³-hybridized carbons (Fsp3) is 0.200. The van der Waals surface area contributed by atoms with E-state index in [1.165, 1.54) is 12.3 Å². The zero-order chi connectivity index (χ0) is 12.4. The first-order valence-corrected chi connectivity index (χ1v) is 5.56. The molecule has 2 aromatic heterocycles. The molecule has 0 unspecified atom stereocenters. The van der Waals surface area contributed by atoms with Crippen LogP contribution in [0.1, 0.15) is 21.9 Å². The Kier molecular flexibility index (Phi) is 3.10. The SMILES string of the molecule is Cc1nc(Sc2nccc(C(=O)O)n2)oc1C. The van der Waals surface area contributed by atoms with E-state index < -0.39 is 5.97 Å². The third-order valence-corrected chi connectivity index (χ3v) is 2.77. The highest BCUT2D eigenvalue weighted by Gasteiger charge is 2.11. The topological polar surface area (TPSA) is 89.1 Å². The Morgan fingerprint density at radius 2 is 2.18 bits per heavy atom. The number of oxazole rings is 1. The summed E-state index contributed by atoms with van der Waals surface area (Å²) < 4.78 is 5.34. The fourth-order valence-electron chi connectivity index (χ4n) is 1.07. The first-order valence-electron chi connectivity index (χ1n) is 4.74. The maximum absolute atomic E-state index is 10.7. The van der Waals surface area contributed by atoms with Crippen LogP contribution in [0.4, 0.5) is 0 Å². The molecule has 2 rings (SSSR count). The van der Waals surface area contributed by atoms with Gasteiger partial charge in [-0.1, -0.05) is 0 Å². The third kappa shape index (κ3) is 2.62. The molecule has 0 saturated carbocycles. The lowest BCUT2D eigenvalue weighted by atomic mass is 10.4. The summed E-state index contributed by atoms with van der Waals surface area (Å²) >= 11 is 1.09. The normalized spacial score (nSPS) is 10.5. The molecule has 6 nitrogen and oxygen atoms in total. The van der Waals surface area contributed by atoms with Crippen LogP contribution in [0.25, 0.3) is 0 Å². The number of carboxylic acid groups (broad SMARTS) is 1. The van der Waals surface area contributed by atoms with Crippen molar-refractivity contribution in [3.8, 4) is 0 Å². The molecule has 0 spiro atoms. The van der Waals surface area contributed by atoms with E-state index >= 15 is 0 Å². The van der Waals surface area contributed by atoms with Gasteiger partial charge in [0.1, 0.15) is 5.76 Å². The van der Waals surface area contributed by atoms with Crippen molar-refractivity contribution in [3.05, 3.63) is 29.4 Å². The third-order valence-electron chi connectivity index (χ3n) is 2.04. The summed E-state index contributed by atoms with van der Waals surface area (Å²) in [6.45, 7) is 3.64. The molecule has 1 N–H and O–H groups in total. The van der Waals surface area contributed by atoms with Crippen molar-refractivity contribution >= 4 is 17.7 Å². The van der Waals surface area contributed by atoms with E-state index in [9.17, 15) is 4.79 Å². The highest BCUT2D eigenvalue weighted by atomic mass is 32.2. The van der Waals surface area contributed by atoms with Crippen LogP contribution in [0.5, 0.6) is 0 Å². The zero-order valence-corrected chi connectivity index (χ0v) is 9.98. The van der Waals surface area contributed by atoms with Crippen molar-refractivity contribution < 1.29 is 14.3 Å². The summed E-state index contributed by atoms with van der Waals surface area (Å²) in [5.74, 6) is -0.365. The van der Waals surface area contributed by atoms with E-state index in [-0.39, 0.29) is 5.69 Å². The second-order valence-corrected chi connectivity index (χ2v) is 4.17. The van der Waals surface area contributed by atoms with Crippen molar-refractivity contribution in [1.82, 2.24) is 15.0 Å². The molecule has 2 aromatic rings. The van der Waals surface area contributed by atoms with E-state index in [4.69, 9.17) is 9.52 Å². The maximum Gasteiger partial charge on any atom is 0.354 e. The van der Waals surface area contributed by atoms with Crippen molar-refractivity contribution in [3.63, 3.8) is 0 Å². The van der Waals surface area contributed by atoms with Crippen molar-refractivity contribution in [2.24, 2.45) is 0 Å². The van der Waals surface area contributed by atoms with Crippen LogP contribution in [0.3, 0.4) is 0 Å². The Balaban J connectivity index is 2.24. The Morgan fingerprint density at radius 1 is 1.41 bits per heavy atom. The molecule has 0 amide bonds. The number of carbonyl (C=O) groups is 1. The average Bonchev–Trinajstić information content (AvgIpc) is 2.58. The number of aromatic carboxylic acids is 1. The minimum absolute atomic E-state index is 0.0532. The van der Waals surface area contributed by atoms with E-state index in [0.29, 0.717) is 10.4 Å². The van der Waals surface area contributed by atoms with Gasteiger partial charge in [-0.3, -0.25) is 0 Å². The Bertz CT molecular complexity index is 548. The molecular formula is C10H9N3O3S. The number of aryl methyl sites for hydroxylation is 2. The van der Waals surface area contributed by atoms with Gasteiger partial charge in [0.15, 0.2) is 10.9 Å². The molecule has 0 atom stereocenters. The van der Waals surface area contributed by atoms with Crippen LogP contribution >= 0.6 is 11.8 Å². The lowest BCUT2D eigenvalue weighted by Gasteiger charge is -1.96. The molecule has 88 valence electrons. The average molecular weight is 251 g/mol. The van der Waals surface area contributed by atoms with Gasteiger partial charge in [0.2, 0.25) is 0 Å². The summed E-state index contributed by atoms with van der Waals surface area (Å²) in [5.41, 5.74) is 0.740. The minimum atomic E-state index is -1.09. The number of aromatic nitrogens is 3. The van der Waals surface area contributed by atoms with Crippen LogP contribution in [-0.2, 0) is 0 Å². The molecule has 0 bridgehead atoms. The maximum atomic E-state index is 10.7. The lowest BCUT2D eigenvalue weighted by molar-refractivity contribution is 0.0689. The van der Waals surface area contributed by atoms with E-state index in [1.54, 1.807) is 6.92 Å². The van der Waals surface area contributed by atoms with Crippen molar-refractivity contribution in [1.29, 1.82) is 0 Å². The molecule has 0 aliphatic carbocycles. The predicted molar refractivity (Wildman–Crippen MR) is 59.1 cm³/mol. The van der Waals surface area contributed by atoms with Crippen LogP contribution in [0.15, 0.2) is 27.1 Å². The van der Waals surface area contributed by atoms with Crippen LogP contribution in [-0.4, -0.2) is 26.0 Å². The molecule has 0 aromatic carbocycles. The van der Waals surface area contributed by atoms with Crippen LogP contribution in [0.2, 0.25) is 0 Å². The van der Waals surface area contributed by atoms with Crippen LogP contribution < -0.4 is 0 Å². The highest BCUT2D eigenvalue weighted by molar-refractivity contribution is 7.98. The Labute approximate surface area is 101 Å². The van der Waals surface area contributed by atoms with E-state index in [0.717, 1.165) is 23.2 Å². The molecular weight excluding hydrogens is 242 g/mol. The first kappa shape index (κ1) is 11.6. The summed E-state index contributed by atoms with van der Waals surface area (Å²) in [6.07, 6.45) is 1.39.